The van der Waals surface area contributed by atoms with Crippen LogP contribution in [0, 0.1) is 29.5 Å². The summed E-state index contributed by atoms with van der Waals surface area (Å²) in [6, 6.07) is 17.7. The van der Waals surface area contributed by atoms with Crippen molar-refractivity contribution in [3.8, 4) is 0 Å². The number of rotatable bonds is 11. The Hall–Kier alpha value is -1.63. The fourth-order valence-electron chi connectivity index (χ4n) is 3.10. The molecule has 0 spiro atoms. The molecule has 0 amide bonds. The zero-order valence-corrected chi connectivity index (χ0v) is 25.7. The fraction of sp³-hybridized carbons (Fsp3) is 0.657. The summed E-state index contributed by atoms with van der Waals surface area (Å²) in [5, 5.41) is 0. The summed E-state index contributed by atoms with van der Waals surface area (Å²) in [6.45, 7) is 22.2. The third-order valence-electron chi connectivity index (χ3n) is 5.54. The molecule has 0 fully saturated rings. The van der Waals surface area contributed by atoms with E-state index in [0.29, 0.717) is 0 Å². The van der Waals surface area contributed by atoms with Gasteiger partial charge in [0.05, 0.1) is 0 Å². The van der Waals surface area contributed by atoms with Gasteiger partial charge in [-0.15, -0.1) is 0 Å². The molecule has 0 nitrogen and oxygen atoms in total. The van der Waals surface area contributed by atoms with Gasteiger partial charge in [-0.25, -0.2) is 4.39 Å². The molecule has 2 aromatic rings. The predicted molar refractivity (Wildman–Crippen MR) is 163 cm³/mol. The van der Waals surface area contributed by atoms with Gasteiger partial charge in [0.2, 0.25) is 0 Å². The summed E-state index contributed by atoms with van der Waals surface area (Å²) in [5.74, 6) is 3.24. The molecule has 0 radical (unpaired) electrons. The Morgan fingerprint density at radius 1 is 0.556 bits per heavy atom. The molecule has 0 aromatic heterocycles. The Bertz CT molecular complexity index is 682. The highest BCUT2D eigenvalue weighted by atomic mass is 19.1. The Balaban J connectivity index is 0. The van der Waals surface area contributed by atoms with Crippen molar-refractivity contribution in [1.29, 1.82) is 0 Å². The normalized spacial score (nSPS) is 10.4. The van der Waals surface area contributed by atoms with Gasteiger partial charge in [-0.05, 0) is 72.6 Å². The van der Waals surface area contributed by atoms with Crippen LogP contribution in [0.3, 0.4) is 0 Å². The van der Waals surface area contributed by atoms with Gasteiger partial charge in [-0.1, -0.05) is 144 Å². The van der Waals surface area contributed by atoms with Crippen molar-refractivity contribution in [1.82, 2.24) is 0 Å². The van der Waals surface area contributed by atoms with Gasteiger partial charge < -0.3 is 0 Å². The van der Waals surface area contributed by atoms with Gasteiger partial charge in [0, 0.05) is 0 Å². The lowest BCUT2D eigenvalue weighted by atomic mass is 10.0. The lowest BCUT2D eigenvalue weighted by Crippen LogP contribution is -1.90. The first-order chi connectivity index (χ1) is 17.0. The van der Waals surface area contributed by atoms with E-state index in [1.165, 1.54) is 63.0 Å². The zero-order chi connectivity index (χ0) is 27.8. The van der Waals surface area contributed by atoms with Crippen LogP contribution in [-0.2, 0) is 12.8 Å². The molecule has 0 saturated carbocycles. The van der Waals surface area contributed by atoms with E-state index < -0.39 is 0 Å². The van der Waals surface area contributed by atoms with E-state index in [1.54, 1.807) is 12.1 Å². The first-order valence-corrected chi connectivity index (χ1v) is 14.8. The molecule has 2 rings (SSSR count). The second kappa shape index (κ2) is 25.0. The van der Waals surface area contributed by atoms with Crippen molar-refractivity contribution in [3.05, 3.63) is 71.5 Å². The third-order valence-corrected chi connectivity index (χ3v) is 5.54. The van der Waals surface area contributed by atoms with E-state index in [9.17, 15) is 4.39 Å². The lowest BCUT2D eigenvalue weighted by molar-refractivity contribution is 0.537. The van der Waals surface area contributed by atoms with Crippen LogP contribution < -0.4 is 0 Å². The molecule has 0 saturated heterocycles. The Kier molecular flexibility index (Phi) is 25.4. The average molecular weight is 501 g/mol. The number of hydrogen-bond acceptors (Lipinski definition) is 0. The van der Waals surface area contributed by atoms with E-state index >= 15 is 0 Å². The standard InChI is InChI=1S/C13H19F.C13H20.C5H12.C4H10/c1-11(2)6-3-4-7-12-8-5-9-13(14)10-12;1-12(2)8-6-7-11-13-9-4-3-5-10-13;1-4-5(2)3;1-4(2)3/h5,8-11H,3-4,6-7H2,1-2H3;3-5,9-10,12H,6-8,11H2,1-2H3;5H,4H2,1-3H3;4H,1-3H3. The van der Waals surface area contributed by atoms with Crippen molar-refractivity contribution >= 4 is 0 Å². The fourth-order valence-corrected chi connectivity index (χ4v) is 3.10. The second-order valence-electron chi connectivity index (χ2n) is 11.9. The molecule has 0 atom stereocenters. The maximum atomic E-state index is 12.8. The summed E-state index contributed by atoms with van der Waals surface area (Å²) < 4.78 is 12.8. The molecule has 208 valence electrons. The van der Waals surface area contributed by atoms with Crippen molar-refractivity contribution in [3.63, 3.8) is 0 Å². The summed E-state index contributed by atoms with van der Waals surface area (Å²) >= 11 is 0. The molecule has 2 aromatic carbocycles. The van der Waals surface area contributed by atoms with Gasteiger partial charge >= 0.3 is 0 Å². The van der Waals surface area contributed by atoms with Crippen molar-refractivity contribution in [2.45, 2.75) is 127 Å². The van der Waals surface area contributed by atoms with Crippen LogP contribution in [-0.4, -0.2) is 0 Å². The molecule has 0 unspecified atom stereocenters. The minimum Gasteiger partial charge on any atom is -0.207 e. The van der Waals surface area contributed by atoms with Crippen LogP contribution in [0.2, 0.25) is 0 Å². The van der Waals surface area contributed by atoms with Crippen molar-refractivity contribution < 1.29 is 4.39 Å². The predicted octanol–water partition coefficient (Wildman–Crippen LogP) is 12.0. The first kappa shape index (κ1) is 36.5. The van der Waals surface area contributed by atoms with Crippen LogP contribution >= 0.6 is 0 Å². The van der Waals surface area contributed by atoms with Crippen molar-refractivity contribution in [2.75, 3.05) is 0 Å². The van der Waals surface area contributed by atoms with E-state index in [2.05, 4.69) is 99.6 Å². The number of halogens is 1. The summed E-state index contributed by atoms with van der Waals surface area (Å²) in [6.07, 6.45) is 11.3. The molecule has 0 aliphatic carbocycles. The maximum Gasteiger partial charge on any atom is 0.123 e. The van der Waals surface area contributed by atoms with Gasteiger partial charge in [-0.2, -0.15) is 0 Å². The van der Waals surface area contributed by atoms with Gasteiger partial charge in [0.15, 0.2) is 0 Å². The van der Waals surface area contributed by atoms with E-state index in [-0.39, 0.29) is 5.82 Å². The highest BCUT2D eigenvalue weighted by Crippen LogP contribution is 2.12. The van der Waals surface area contributed by atoms with Crippen LogP contribution in [0.5, 0.6) is 0 Å². The number of hydrogen-bond donors (Lipinski definition) is 0. The quantitative estimate of drug-likeness (QED) is 0.269. The maximum absolute atomic E-state index is 12.8. The third kappa shape index (κ3) is 30.4. The molecule has 0 aliphatic heterocycles. The van der Waals surface area contributed by atoms with Crippen LogP contribution in [0.4, 0.5) is 4.39 Å². The topological polar surface area (TPSA) is 0 Å². The molecule has 0 bridgehead atoms. The average Bonchev–Trinajstić information content (AvgIpc) is 2.80. The molecular formula is C35H61F. The minimum absolute atomic E-state index is 0.119. The van der Waals surface area contributed by atoms with Gasteiger partial charge in [0.25, 0.3) is 0 Å². The molecule has 36 heavy (non-hydrogen) atoms. The van der Waals surface area contributed by atoms with Crippen LogP contribution in [0.25, 0.3) is 0 Å². The largest absolute Gasteiger partial charge is 0.207 e. The summed E-state index contributed by atoms with van der Waals surface area (Å²) in [7, 11) is 0. The zero-order valence-electron chi connectivity index (χ0n) is 25.7. The summed E-state index contributed by atoms with van der Waals surface area (Å²) in [4.78, 5) is 0. The number of unbranched alkanes of at least 4 members (excludes halogenated alkanes) is 2. The number of aryl methyl sites for hydroxylation is 2. The summed E-state index contributed by atoms with van der Waals surface area (Å²) in [5.41, 5.74) is 2.60. The van der Waals surface area contributed by atoms with E-state index in [1.807, 2.05) is 6.07 Å². The Morgan fingerprint density at radius 2 is 0.972 bits per heavy atom. The lowest BCUT2D eigenvalue weighted by Gasteiger charge is -2.04. The van der Waals surface area contributed by atoms with E-state index in [4.69, 9.17) is 0 Å². The minimum atomic E-state index is -0.119. The highest BCUT2D eigenvalue weighted by molar-refractivity contribution is 5.16. The second-order valence-corrected chi connectivity index (χ2v) is 11.9. The van der Waals surface area contributed by atoms with Crippen LogP contribution in [0.1, 0.15) is 125 Å². The number of benzene rings is 2. The Morgan fingerprint density at radius 3 is 1.36 bits per heavy atom. The monoisotopic (exact) mass is 500 g/mol. The van der Waals surface area contributed by atoms with Gasteiger partial charge in [0.1, 0.15) is 5.82 Å². The van der Waals surface area contributed by atoms with E-state index in [0.717, 1.165) is 35.7 Å². The molecule has 0 N–H and O–H groups in total. The van der Waals surface area contributed by atoms with Crippen molar-refractivity contribution in [2.24, 2.45) is 23.7 Å². The molecule has 0 aliphatic rings. The smallest absolute Gasteiger partial charge is 0.123 e. The van der Waals surface area contributed by atoms with Gasteiger partial charge in [-0.3, -0.25) is 0 Å². The SMILES string of the molecule is CC(C)C.CC(C)CCCCc1cccc(F)c1.CC(C)CCCCc1ccccc1.CCC(C)C. The molecule has 0 heterocycles. The Labute approximate surface area is 226 Å². The molecule has 1 heteroatoms. The first-order valence-electron chi connectivity index (χ1n) is 14.8. The molecular weight excluding hydrogens is 439 g/mol. The highest BCUT2D eigenvalue weighted by Gasteiger charge is 1.97. The van der Waals surface area contributed by atoms with Crippen LogP contribution in [0.15, 0.2) is 54.6 Å².